The number of ether oxygens (including phenoxy) is 1. The Bertz CT molecular complexity index is 1030. The molecule has 11 heteroatoms. The van der Waals surface area contributed by atoms with Crippen LogP contribution in [0.5, 0.6) is 5.75 Å². The molecule has 0 spiro atoms. The molecule has 1 aliphatic rings. The molecule has 0 saturated carbocycles. The van der Waals surface area contributed by atoms with Crippen LogP contribution in [0.2, 0.25) is 5.02 Å². The second kappa shape index (κ2) is 10.6. The van der Waals surface area contributed by atoms with E-state index in [9.17, 15) is 14.9 Å². The number of hydrogen-bond donors (Lipinski definition) is 2. The minimum atomic E-state index is -0.608. The third-order valence-electron chi connectivity index (χ3n) is 5.24. The van der Waals surface area contributed by atoms with Crippen molar-refractivity contribution in [3.05, 3.63) is 57.1 Å². The van der Waals surface area contributed by atoms with Crippen LogP contribution in [0, 0.1) is 10.1 Å². The van der Waals surface area contributed by atoms with E-state index in [2.05, 4.69) is 27.4 Å². The topological polar surface area (TPSA) is 100.0 Å². The van der Waals surface area contributed by atoms with E-state index in [1.807, 2.05) is 12.1 Å². The Kier molecular flexibility index (Phi) is 7.84. The van der Waals surface area contributed by atoms with E-state index in [4.69, 9.17) is 28.6 Å². The minimum Gasteiger partial charge on any atom is -0.490 e. The number of para-hydroxylation sites is 1. The number of likely N-dealkylation sites (N-methyl/N-ethyl adjacent to an activating group) is 1. The average Bonchev–Trinajstić information content (AvgIpc) is 2.78. The summed E-state index contributed by atoms with van der Waals surface area (Å²) in [5.41, 5.74) is 1.28. The van der Waals surface area contributed by atoms with E-state index in [1.54, 1.807) is 6.07 Å². The van der Waals surface area contributed by atoms with Gasteiger partial charge < -0.3 is 19.9 Å². The summed E-state index contributed by atoms with van der Waals surface area (Å²) in [7, 11) is 1.33. The molecule has 0 bridgehead atoms. The van der Waals surface area contributed by atoms with Crippen LogP contribution < -0.4 is 20.3 Å². The Morgan fingerprint density at radius 2 is 1.97 bits per heavy atom. The van der Waals surface area contributed by atoms with Gasteiger partial charge in [-0.05, 0) is 43.0 Å². The van der Waals surface area contributed by atoms with Crippen LogP contribution >= 0.6 is 23.8 Å². The predicted octanol–water partition coefficient (Wildman–Crippen LogP) is 3.53. The molecular formula is C21H24ClN5O4S. The smallest absolute Gasteiger partial charge is 0.311 e. The minimum absolute atomic E-state index is 0.0594. The summed E-state index contributed by atoms with van der Waals surface area (Å²) >= 11 is 11.8. The fraction of sp³-hybridized carbons (Fsp3) is 0.333. The number of benzene rings is 2. The van der Waals surface area contributed by atoms with Crippen LogP contribution in [0.4, 0.5) is 17.1 Å². The number of anilines is 2. The highest BCUT2D eigenvalue weighted by atomic mass is 35.5. The fourth-order valence-electron chi connectivity index (χ4n) is 3.53. The molecule has 1 fully saturated rings. The summed E-state index contributed by atoms with van der Waals surface area (Å²) in [5.74, 6) is -0.507. The third-order valence-corrected chi connectivity index (χ3v) is 5.74. The molecule has 0 radical (unpaired) electrons. The van der Waals surface area contributed by atoms with Crippen molar-refractivity contribution in [1.29, 1.82) is 0 Å². The first-order valence-corrected chi connectivity index (χ1v) is 10.8. The molecule has 32 heavy (non-hydrogen) atoms. The zero-order valence-corrected chi connectivity index (χ0v) is 19.3. The van der Waals surface area contributed by atoms with Gasteiger partial charge in [-0.3, -0.25) is 20.2 Å². The Balaban J connectivity index is 1.73. The van der Waals surface area contributed by atoms with Crippen LogP contribution in [-0.2, 0) is 0 Å². The highest BCUT2D eigenvalue weighted by Crippen LogP contribution is 2.34. The predicted molar refractivity (Wildman–Crippen MR) is 129 cm³/mol. The number of nitrogens with zero attached hydrogens (tertiary/aromatic N) is 3. The van der Waals surface area contributed by atoms with Gasteiger partial charge in [0.05, 0.1) is 28.4 Å². The molecule has 0 aromatic heterocycles. The van der Waals surface area contributed by atoms with Crippen LogP contribution in [-0.4, -0.2) is 60.7 Å². The quantitative estimate of drug-likeness (QED) is 0.370. The molecule has 0 unspecified atom stereocenters. The molecule has 1 aliphatic heterocycles. The molecular weight excluding hydrogens is 454 g/mol. The maximum absolute atomic E-state index is 12.6. The number of carbonyl (C=O) groups is 1. The lowest BCUT2D eigenvalue weighted by atomic mass is 10.1. The zero-order valence-electron chi connectivity index (χ0n) is 17.8. The molecule has 0 atom stereocenters. The van der Waals surface area contributed by atoms with Crippen molar-refractivity contribution >= 4 is 51.9 Å². The molecule has 1 heterocycles. The molecule has 9 nitrogen and oxygen atoms in total. The molecule has 1 saturated heterocycles. The number of methoxy groups -OCH3 is 1. The van der Waals surface area contributed by atoms with Gasteiger partial charge >= 0.3 is 5.69 Å². The van der Waals surface area contributed by atoms with Gasteiger partial charge in [0.1, 0.15) is 0 Å². The van der Waals surface area contributed by atoms with E-state index >= 15 is 0 Å². The second-order valence-electron chi connectivity index (χ2n) is 7.11. The summed E-state index contributed by atoms with van der Waals surface area (Å²) in [6.07, 6.45) is 0. The van der Waals surface area contributed by atoms with Gasteiger partial charge in [0, 0.05) is 37.8 Å². The summed E-state index contributed by atoms with van der Waals surface area (Å²) < 4.78 is 4.97. The lowest BCUT2D eigenvalue weighted by Crippen LogP contribution is -2.46. The SMILES string of the molecule is CCN1CCN(c2c(Cl)cccc2NC(=S)NC(=O)c2ccc(OC)c([N+](=O)[O-])c2)CC1. The summed E-state index contributed by atoms with van der Waals surface area (Å²) in [6.45, 7) is 6.64. The van der Waals surface area contributed by atoms with Crippen molar-refractivity contribution in [3.8, 4) is 5.75 Å². The van der Waals surface area contributed by atoms with Gasteiger partial charge in [0.15, 0.2) is 10.9 Å². The van der Waals surface area contributed by atoms with Gasteiger partial charge in [-0.15, -0.1) is 0 Å². The number of nitrogens with one attached hydrogen (secondary N) is 2. The first-order valence-electron chi connectivity index (χ1n) is 10.0. The van der Waals surface area contributed by atoms with Crippen LogP contribution in [0.1, 0.15) is 17.3 Å². The maximum atomic E-state index is 12.6. The van der Waals surface area contributed by atoms with Crippen molar-refractivity contribution in [1.82, 2.24) is 10.2 Å². The van der Waals surface area contributed by atoms with E-state index in [0.717, 1.165) is 44.5 Å². The Labute approximate surface area is 196 Å². The lowest BCUT2D eigenvalue weighted by molar-refractivity contribution is -0.385. The molecule has 3 rings (SSSR count). The fourth-order valence-corrected chi connectivity index (χ4v) is 4.02. The van der Waals surface area contributed by atoms with E-state index in [0.29, 0.717) is 10.7 Å². The summed E-state index contributed by atoms with van der Waals surface area (Å²) in [5, 5.41) is 17.5. The lowest BCUT2D eigenvalue weighted by Gasteiger charge is -2.37. The van der Waals surface area contributed by atoms with Crippen LogP contribution in [0.25, 0.3) is 0 Å². The van der Waals surface area contributed by atoms with Crippen LogP contribution in [0.15, 0.2) is 36.4 Å². The average molecular weight is 478 g/mol. The molecule has 2 N–H and O–H groups in total. The molecule has 170 valence electrons. The molecule has 1 amide bonds. The van der Waals surface area contributed by atoms with E-state index in [1.165, 1.54) is 19.2 Å². The zero-order chi connectivity index (χ0) is 23.3. The maximum Gasteiger partial charge on any atom is 0.311 e. The van der Waals surface area contributed by atoms with E-state index in [-0.39, 0.29) is 22.1 Å². The Morgan fingerprint density at radius 1 is 1.25 bits per heavy atom. The first-order chi connectivity index (χ1) is 15.3. The van der Waals surface area contributed by atoms with Gasteiger partial charge in [0.25, 0.3) is 5.91 Å². The van der Waals surface area contributed by atoms with Gasteiger partial charge in [-0.2, -0.15) is 0 Å². The van der Waals surface area contributed by atoms with Crippen molar-refractivity contribution in [2.45, 2.75) is 6.92 Å². The van der Waals surface area contributed by atoms with E-state index < -0.39 is 10.8 Å². The Morgan fingerprint density at radius 3 is 2.59 bits per heavy atom. The highest BCUT2D eigenvalue weighted by Gasteiger charge is 2.22. The third kappa shape index (κ3) is 5.45. The number of hydrogen-bond acceptors (Lipinski definition) is 7. The van der Waals surface area contributed by atoms with Crippen LogP contribution in [0.3, 0.4) is 0 Å². The first kappa shape index (κ1) is 23.7. The highest BCUT2D eigenvalue weighted by molar-refractivity contribution is 7.80. The van der Waals surface area contributed by atoms with Gasteiger partial charge in [-0.25, -0.2) is 0 Å². The standard InChI is InChI=1S/C21H24ClN5O4S/c1-3-25-9-11-26(12-10-25)19-15(22)5-4-6-16(19)23-21(32)24-20(28)14-7-8-18(31-2)17(13-14)27(29)30/h4-8,13H,3,9-12H2,1-2H3,(H2,23,24,28,32). The van der Waals surface area contributed by atoms with Gasteiger partial charge in [0.2, 0.25) is 0 Å². The monoisotopic (exact) mass is 477 g/mol. The number of halogens is 1. The molecule has 0 aliphatic carbocycles. The van der Waals surface area contributed by atoms with Crippen molar-refractivity contribution in [2.75, 3.05) is 50.1 Å². The number of piperazine rings is 1. The van der Waals surface area contributed by atoms with Crippen molar-refractivity contribution < 1.29 is 14.5 Å². The second-order valence-corrected chi connectivity index (χ2v) is 7.92. The summed E-state index contributed by atoms with van der Waals surface area (Å²) in [4.78, 5) is 27.8. The van der Waals surface area contributed by atoms with Crippen molar-refractivity contribution in [3.63, 3.8) is 0 Å². The normalized spacial score (nSPS) is 14.0. The number of amides is 1. The number of nitro groups is 1. The Hall–Kier alpha value is -2.95. The molecule has 2 aromatic carbocycles. The largest absolute Gasteiger partial charge is 0.490 e. The number of thiocarbonyl (C=S) groups is 1. The number of carbonyl (C=O) groups excluding carboxylic acids is 1. The van der Waals surface area contributed by atoms with Crippen molar-refractivity contribution in [2.24, 2.45) is 0 Å². The number of rotatable bonds is 6. The van der Waals surface area contributed by atoms with Gasteiger partial charge in [-0.1, -0.05) is 24.6 Å². The molecule has 2 aromatic rings. The number of nitro benzene ring substituents is 1. The summed E-state index contributed by atoms with van der Waals surface area (Å²) in [6, 6.07) is 9.40.